The zero-order valence-electron chi connectivity index (χ0n) is 27.2. The van der Waals surface area contributed by atoms with E-state index in [4.69, 9.17) is 0 Å². The summed E-state index contributed by atoms with van der Waals surface area (Å²) in [5, 5.41) is 7.44. The summed E-state index contributed by atoms with van der Waals surface area (Å²) in [7, 11) is 0. The highest BCUT2D eigenvalue weighted by Crippen LogP contribution is 2.49. The van der Waals surface area contributed by atoms with Crippen LogP contribution in [0.4, 0.5) is 17.1 Å². The van der Waals surface area contributed by atoms with Gasteiger partial charge >= 0.3 is 0 Å². The van der Waals surface area contributed by atoms with E-state index in [9.17, 15) is 14.4 Å². The number of thioether (sulfide) groups is 1. The molecule has 0 saturated heterocycles. The normalized spacial score (nSPS) is 12.8. The number of nitrogens with one attached hydrogen (secondary N) is 2. The van der Waals surface area contributed by atoms with E-state index in [2.05, 4.69) is 10.6 Å². The second-order valence-electron chi connectivity index (χ2n) is 11.7. The lowest BCUT2D eigenvalue weighted by molar-refractivity contribution is -0.117. The lowest BCUT2D eigenvalue weighted by Gasteiger charge is -2.33. The number of benzene rings is 6. The van der Waals surface area contributed by atoms with Crippen molar-refractivity contribution in [1.29, 1.82) is 0 Å². The molecule has 0 aliphatic carbocycles. The van der Waals surface area contributed by atoms with Crippen molar-refractivity contribution in [2.75, 3.05) is 10.2 Å². The molecule has 8 heteroatoms. The number of hydrogen-bond donors (Lipinski definition) is 2. The highest BCUT2D eigenvalue weighted by molar-refractivity contribution is 8.00. The largest absolute Gasteiger partial charge is 0.321 e. The highest BCUT2D eigenvalue weighted by atomic mass is 32.2. The van der Waals surface area contributed by atoms with Crippen LogP contribution in [0.25, 0.3) is 16.8 Å². The first kappa shape index (κ1) is 33.0. The van der Waals surface area contributed by atoms with Crippen molar-refractivity contribution < 1.29 is 14.4 Å². The van der Waals surface area contributed by atoms with Crippen molar-refractivity contribution in [3.8, 4) is 0 Å². The second kappa shape index (κ2) is 14.9. The molecule has 1 aliphatic heterocycles. The number of para-hydroxylation sites is 2. The van der Waals surface area contributed by atoms with Gasteiger partial charge in [0.25, 0.3) is 11.8 Å². The van der Waals surface area contributed by atoms with Gasteiger partial charge in [0, 0.05) is 25.9 Å². The maximum absolute atomic E-state index is 14.2. The maximum atomic E-state index is 14.2. The van der Waals surface area contributed by atoms with Crippen LogP contribution in [0.2, 0.25) is 0 Å². The Morgan fingerprint density at radius 3 is 2.04 bits per heavy atom. The summed E-state index contributed by atoms with van der Waals surface area (Å²) in [6.45, 7) is 2.02. The Labute approximate surface area is 299 Å². The predicted molar refractivity (Wildman–Crippen MR) is 205 cm³/mol. The molecule has 7 rings (SSSR count). The molecule has 50 heavy (non-hydrogen) atoms. The predicted octanol–water partition coefficient (Wildman–Crippen LogP) is 9.95. The van der Waals surface area contributed by atoms with Crippen molar-refractivity contribution in [1.82, 2.24) is 5.32 Å². The molecular formula is C42H33N3O3S2. The minimum absolute atomic E-state index is 0.0208. The molecule has 1 unspecified atom stereocenters. The van der Waals surface area contributed by atoms with Gasteiger partial charge in [0.15, 0.2) is 0 Å². The van der Waals surface area contributed by atoms with Crippen LogP contribution in [0.1, 0.15) is 29.3 Å². The van der Waals surface area contributed by atoms with Gasteiger partial charge in [0.05, 0.1) is 16.6 Å². The van der Waals surface area contributed by atoms with Crippen molar-refractivity contribution in [2.24, 2.45) is 0 Å². The summed E-state index contributed by atoms with van der Waals surface area (Å²) < 4.78 is 0. The van der Waals surface area contributed by atoms with Crippen LogP contribution in [-0.2, 0) is 9.59 Å². The van der Waals surface area contributed by atoms with Crippen LogP contribution >= 0.6 is 23.5 Å². The van der Waals surface area contributed by atoms with Gasteiger partial charge in [0.2, 0.25) is 5.91 Å². The van der Waals surface area contributed by atoms with Gasteiger partial charge in [-0.3, -0.25) is 19.3 Å². The van der Waals surface area contributed by atoms with Crippen LogP contribution in [0.5, 0.6) is 0 Å². The SMILES string of the molecule is CCC(Sc1ccc(NC(=O)/C(=C/c2cccc3ccccc23)NC(=O)c2ccccc2)cc1)C(=O)N1c2ccccc2Sc2ccccc21. The quantitative estimate of drug-likeness (QED) is 0.117. The molecule has 0 spiro atoms. The third-order valence-electron chi connectivity index (χ3n) is 8.34. The van der Waals surface area contributed by atoms with Gasteiger partial charge in [-0.2, -0.15) is 0 Å². The highest BCUT2D eigenvalue weighted by Gasteiger charge is 2.32. The van der Waals surface area contributed by atoms with Crippen molar-refractivity contribution in [2.45, 2.75) is 33.3 Å². The number of nitrogens with zero attached hydrogens (tertiary/aromatic N) is 1. The van der Waals surface area contributed by atoms with Crippen molar-refractivity contribution in [3.63, 3.8) is 0 Å². The Morgan fingerprint density at radius 2 is 1.34 bits per heavy atom. The zero-order valence-corrected chi connectivity index (χ0v) is 28.8. The molecule has 0 bridgehead atoms. The summed E-state index contributed by atoms with van der Waals surface area (Å²) in [6, 6.07) is 46.0. The summed E-state index contributed by atoms with van der Waals surface area (Å²) in [5.41, 5.74) is 3.72. The van der Waals surface area contributed by atoms with E-state index in [0.717, 1.165) is 42.4 Å². The fraction of sp³-hybridized carbons (Fsp3) is 0.0714. The number of carbonyl (C=O) groups is 3. The molecule has 6 nitrogen and oxygen atoms in total. The van der Waals surface area contributed by atoms with E-state index in [-0.39, 0.29) is 22.8 Å². The summed E-state index contributed by atoms with van der Waals surface area (Å²) in [6.07, 6.45) is 2.34. The summed E-state index contributed by atoms with van der Waals surface area (Å²) >= 11 is 3.18. The van der Waals surface area contributed by atoms with Crippen LogP contribution in [-0.4, -0.2) is 23.0 Å². The molecule has 3 amide bonds. The minimum Gasteiger partial charge on any atom is -0.321 e. The molecule has 0 fully saturated rings. The first-order valence-corrected chi connectivity index (χ1v) is 18.0. The third-order valence-corrected chi connectivity index (χ3v) is 10.8. The number of carbonyl (C=O) groups excluding carboxylic acids is 3. The summed E-state index contributed by atoms with van der Waals surface area (Å²) in [5.74, 6) is -0.816. The van der Waals surface area contributed by atoms with Crippen LogP contribution < -0.4 is 15.5 Å². The monoisotopic (exact) mass is 691 g/mol. The lowest BCUT2D eigenvalue weighted by atomic mass is 10.0. The Kier molecular flexibility index (Phi) is 9.82. The molecule has 0 aromatic heterocycles. The minimum atomic E-state index is -0.454. The van der Waals surface area contributed by atoms with Crippen LogP contribution in [0.3, 0.4) is 0 Å². The van der Waals surface area contributed by atoms with Crippen molar-refractivity contribution in [3.05, 3.63) is 162 Å². The Hall–Kier alpha value is -5.57. The van der Waals surface area contributed by atoms with Crippen LogP contribution in [0, 0.1) is 0 Å². The second-order valence-corrected chi connectivity index (χ2v) is 14.0. The average molecular weight is 692 g/mol. The standard InChI is InChI=1S/C42H33N3O3S2/c1-2-37(42(48)45-35-19-8-10-21-38(35)50-39-22-11-9-20-36(39)45)49-32-25-23-31(24-26-32)43-41(47)34(44-40(46)29-14-4-3-5-15-29)27-30-17-12-16-28-13-6-7-18-33(28)30/h3-27,37H,2H2,1H3,(H,43,47)(H,44,46)/b34-27-. The van der Waals surface area contributed by atoms with E-state index < -0.39 is 5.91 Å². The van der Waals surface area contributed by atoms with Gasteiger partial charge in [-0.05, 0) is 89.5 Å². The van der Waals surface area contributed by atoms with Crippen LogP contribution in [0.15, 0.2) is 166 Å². The Morgan fingerprint density at radius 1 is 0.720 bits per heavy atom. The molecule has 6 aromatic rings. The van der Waals surface area contributed by atoms with E-state index >= 15 is 0 Å². The molecule has 1 atom stereocenters. The third kappa shape index (κ3) is 7.08. The Balaban J connectivity index is 1.10. The van der Waals surface area contributed by atoms with Gasteiger partial charge in [-0.1, -0.05) is 104 Å². The van der Waals surface area contributed by atoms with E-state index in [0.29, 0.717) is 17.7 Å². The molecule has 2 N–H and O–H groups in total. The van der Waals surface area contributed by atoms with E-state index in [1.807, 2.05) is 133 Å². The lowest BCUT2D eigenvalue weighted by Crippen LogP contribution is -2.35. The first-order chi connectivity index (χ1) is 24.5. The molecule has 0 saturated carbocycles. The maximum Gasteiger partial charge on any atom is 0.272 e. The smallest absolute Gasteiger partial charge is 0.272 e. The number of fused-ring (bicyclic) bond motifs is 3. The van der Waals surface area contributed by atoms with Gasteiger partial charge < -0.3 is 10.6 Å². The number of rotatable bonds is 9. The Bertz CT molecular complexity index is 2180. The molecule has 246 valence electrons. The molecule has 1 aliphatic rings. The fourth-order valence-electron chi connectivity index (χ4n) is 5.85. The summed E-state index contributed by atoms with van der Waals surface area (Å²) in [4.78, 5) is 45.9. The van der Waals surface area contributed by atoms with E-state index in [1.54, 1.807) is 42.1 Å². The molecule has 0 radical (unpaired) electrons. The number of anilines is 3. The van der Waals surface area contributed by atoms with Gasteiger partial charge in [-0.15, -0.1) is 11.8 Å². The average Bonchev–Trinajstić information content (AvgIpc) is 3.16. The topological polar surface area (TPSA) is 78.5 Å². The number of hydrogen-bond acceptors (Lipinski definition) is 5. The fourth-order valence-corrected chi connectivity index (χ4v) is 7.90. The molecular weight excluding hydrogens is 659 g/mol. The zero-order chi connectivity index (χ0) is 34.5. The van der Waals surface area contributed by atoms with Crippen molar-refractivity contribution >= 4 is 75.2 Å². The van der Waals surface area contributed by atoms with E-state index in [1.165, 1.54) is 11.8 Å². The number of amides is 3. The molecule has 6 aromatic carbocycles. The molecule has 1 heterocycles. The first-order valence-electron chi connectivity index (χ1n) is 16.3. The van der Waals surface area contributed by atoms with Gasteiger partial charge in [0.1, 0.15) is 5.70 Å². The van der Waals surface area contributed by atoms with Gasteiger partial charge in [-0.25, -0.2) is 0 Å².